The first kappa shape index (κ1) is 23.6. The molecule has 7 nitrogen and oxygen atoms in total. The molecule has 0 amide bonds. The maximum Gasteiger partial charge on any atom is 0.337 e. The third-order valence-corrected chi connectivity index (χ3v) is 6.27. The third-order valence-electron chi connectivity index (χ3n) is 6.27. The van der Waals surface area contributed by atoms with Crippen molar-refractivity contribution in [3.05, 3.63) is 52.4 Å². The van der Waals surface area contributed by atoms with Crippen LogP contribution in [0.15, 0.2) is 46.8 Å². The molecule has 4 atom stereocenters. The Labute approximate surface area is 188 Å². The van der Waals surface area contributed by atoms with Crippen LogP contribution in [0.5, 0.6) is 5.75 Å². The Bertz CT molecular complexity index is 992. The van der Waals surface area contributed by atoms with E-state index in [9.17, 15) is 14.4 Å². The van der Waals surface area contributed by atoms with Crippen LogP contribution in [0.3, 0.4) is 0 Å². The molecule has 32 heavy (non-hydrogen) atoms. The number of rotatable bonds is 6. The molecule has 172 valence electrons. The minimum Gasteiger partial charge on any atom is -0.497 e. The number of Topliss-reactive ketones (excluding diaryl/α,β-unsaturated/α-hetero) is 1. The number of carbonyl (C=O) groups excluding carboxylic acids is 3. The van der Waals surface area contributed by atoms with Crippen LogP contribution in [0.2, 0.25) is 0 Å². The molecular weight excluding hydrogens is 410 g/mol. The molecule has 0 saturated heterocycles. The second-order valence-electron chi connectivity index (χ2n) is 8.44. The predicted octanol–water partition coefficient (Wildman–Crippen LogP) is 3.65. The lowest BCUT2D eigenvalue weighted by Crippen LogP contribution is -2.43. The van der Waals surface area contributed by atoms with Crippen molar-refractivity contribution in [2.45, 2.75) is 52.6 Å². The quantitative estimate of drug-likeness (QED) is 0.532. The van der Waals surface area contributed by atoms with Gasteiger partial charge in [0.05, 0.1) is 25.9 Å². The molecule has 1 N–H and O–H groups in total. The van der Waals surface area contributed by atoms with Crippen LogP contribution in [-0.4, -0.2) is 38.0 Å². The first-order chi connectivity index (χ1) is 15.2. The van der Waals surface area contributed by atoms with Crippen LogP contribution in [0, 0.1) is 11.8 Å². The number of esters is 2. The fraction of sp³-hybridized carbons (Fsp3) is 0.480. The second-order valence-corrected chi connectivity index (χ2v) is 8.44. The van der Waals surface area contributed by atoms with Gasteiger partial charge < -0.3 is 19.5 Å². The average molecular weight is 442 g/mol. The van der Waals surface area contributed by atoms with Gasteiger partial charge in [0.25, 0.3) is 0 Å². The molecule has 0 bridgehead atoms. The van der Waals surface area contributed by atoms with Gasteiger partial charge in [-0.2, -0.15) is 0 Å². The van der Waals surface area contributed by atoms with Gasteiger partial charge in [-0.3, -0.25) is 9.59 Å². The molecule has 0 fully saturated rings. The Morgan fingerprint density at radius 3 is 2.59 bits per heavy atom. The van der Waals surface area contributed by atoms with E-state index in [4.69, 9.17) is 14.2 Å². The summed E-state index contributed by atoms with van der Waals surface area (Å²) in [7, 11) is 2.84. The van der Waals surface area contributed by atoms with Crippen molar-refractivity contribution in [2.24, 2.45) is 11.8 Å². The number of benzene rings is 1. The molecule has 0 unspecified atom stereocenters. The molecule has 0 saturated carbocycles. The van der Waals surface area contributed by atoms with E-state index in [0.717, 1.165) is 11.3 Å². The minimum absolute atomic E-state index is 0.228. The molecule has 0 spiro atoms. The van der Waals surface area contributed by atoms with E-state index in [2.05, 4.69) is 5.32 Å². The van der Waals surface area contributed by atoms with Gasteiger partial charge in [-0.05, 0) is 50.3 Å². The summed E-state index contributed by atoms with van der Waals surface area (Å²) in [5, 5.41) is 3.26. The first-order valence-electron chi connectivity index (χ1n) is 10.9. The summed E-state index contributed by atoms with van der Waals surface area (Å²) in [5.41, 5.74) is 2.87. The summed E-state index contributed by atoms with van der Waals surface area (Å²) in [4.78, 5) is 39.4. The standard InChI is InChI=1S/C25H31NO6/c1-7-14(3)32-25(29)20-15(4)26-18-11-13(2)19(24(28)31-6)23(27)22(18)21(20)16-9-8-10-17(12-16)30-5/h8-10,12-14,19,21,26H,7,11H2,1-6H3/t13-,14+,19-,21-/m0/s1. The highest BCUT2D eigenvalue weighted by Gasteiger charge is 2.47. The van der Waals surface area contributed by atoms with E-state index < -0.39 is 23.8 Å². The number of methoxy groups -OCH3 is 2. The van der Waals surface area contributed by atoms with Gasteiger partial charge in [0.2, 0.25) is 0 Å². The second kappa shape index (κ2) is 9.59. The van der Waals surface area contributed by atoms with Crippen molar-refractivity contribution < 1.29 is 28.6 Å². The molecule has 3 rings (SSSR count). The zero-order valence-electron chi connectivity index (χ0n) is 19.5. The number of ketones is 1. The van der Waals surface area contributed by atoms with E-state index in [1.807, 2.05) is 45.9 Å². The Balaban J connectivity index is 2.18. The van der Waals surface area contributed by atoms with Gasteiger partial charge in [0, 0.05) is 22.9 Å². The lowest BCUT2D eigenvalue weighted by molar-refractivity contribution is -0.151. The molecular formula is C25H31NO6. The van der Waals surface area contributed by atoms with E-state index >= 15 is 0 Å². The Kier molecular flexibility index (Phi) is 7.06. The first-order valence-corrected chi connectivity index (χ1v) is 10.9. The van der Waals surface area contributed by atoms with E-state index in [0.29, 0.717) is 35.4 Å². The fourth-order valence-electron chi connectivity index (χ4n) is 4.44. The van der Waals surface area contributed by atoms with Crippen LogP contribution in [0.4, 0.5) is 0 Å². The topological polar surface area (TPSA) is 90.9 Å². The molecule has 1 aliphatic heterocycles. The van der Waals surface area contributed by atoms with Crippen molar-refractivity contribution >= 4 is 17.7 Å². The summed E-state index contributed by atoms with van der Waals surface area (Å²) in [6.45, 7) is 7.43. The van der Waals surface area contributed by atoms with Crippen molar-refractivity contribution in [2.75, 3.05) is 14.2 Å². The molecule has 1 aromatic rings. The van der Waals surface area contributed by atoms with E-state index in [-0.39, 0.29) is 17.8 Å². The number of dihydropyridines is 1. The van der Waals surface area contributed by atoms with Crippen molar-refractivity contribution in [1.82, 2.24) is 5.32 Å². The van der Waals surface area contributed by atoms with Gasteiger partial charge in [-0.15, -0.1) is 0 Å². The maximum absolute atomic E-state index is 13.7. The lowest BCUT2D eigenvalue weighted by atomic mass is 9.69. The zero-order valence-corrected chi connectivity index (χ0v) is 19.5. The van der Waals surface area contributed by atoms with Gasteiger partial charge in [-0.1, -0.05) is 26.0 Å². The average Bonchev–Trinajstić information content (AvgIpc) is 2.77. The van der Waals surface area contributed by atoms with Crippen molar-refractivity contribution in [3.8, 4) is 5.75 Å². The van der Waals surface area contributed by atoms with Crippen LogP contribution in [0.25, 0.3) is 0 Å². The number of allylic oxidation sites excluding steroid dienone is 3. The van der Waals surface area contributed by atoms with Gasteiger partial charge in [-0.25, -0.2) is 4.79 Å². The number of hydrogen-bond acceptors (Lipinski definition) is 7. The summed E-state index contributed by atoms with van der Waals surface area (Å²) in [5.74, 6) is -2.58. The number of hydrogen-bond donors (Lipinski definition) is 1. The highest BCUT2D eigenvalue weighted by Crippen LogP contribution is 2.46. The number of carbonyl (C=O) groups is 3. The SMILES string of the molecule is CC[C@@H](C)OC(=O)C1=C(C)NC2=C(C(=O)[C@@H](C(=O)OC)[C@@H](C)C2)[C@H]1c1cccc(OC)c1. The molecule has 0 radical (unpaired) electrons. The summed E-state index contributed by atoms with van der Waals surface area (Å²) in [6, 6.07) is 7.28. The predicted molar refractivity (Wildman–Crippen MR) is 119 cm³/mol. The Morgan fingerprint density at radius 2 is 1.97 bits per heavy atom. The Hall–Kier alpha value is -3.09. The normalized spacial score (nSPS) is 23.8. The fourth-order valence-corrected chi connectivity index (χ4v) is 4.44. The third kappa shape index (κ3) is 4.29. The van der Waals surface area contributed by atoms with Crippen molar-refractivity contribution in [1.29, 1.82) is 0 Å². The molecule has 1 aromatic carbocycles. The number of nitrogens with one attached hydrogen (secondary N) is 1. The zero-order chi connectivity index (χ0) is 23.6. The van der Waals surface area contributed by atoms with Crippen molar-refractivity contribution in [3.63, 3.8) is 0 Å². The number of ether oxygens (including phenoxy) is 3. The largest absolute Gasteiger partial charge is 0.497 e. The molecule has 2 aliphatic rings. The molecule has 1 aliphatic carbocycles. The van der Waals surface area contributed by atoms with Gasteiger partial charge in [0.1, 0.15) is 11.7 Å². The molecule has 0 aromatic heterocycles. The lowest BCUT2D eigenvalue weighted by Gasteiger charge is -2.38. The van der Waals surface area contributed by atoms with Gasteiger partial charge in [0.15, 0.2) is 5.78 Å². The summed E-state index contributed by atoms with van der Waals surface area (Å²) >= 11 is 0. The minimum atomic E-state index is -0.918. The van der Waals surface area contributed by atoms with Crippen LogP contribution < -0.4 is 10.1 Å². The van der Waals surface area contributed by atoms with Crippen LogP contribution >= 0.6 is 0 Å². The maximum atomic E-state index is 13.7. The molecule has 7 heteroatoms. The van der Waals surface area contributed by atoms with Gasteiger partial charge >= 0.3 is 11.9 Å². The highest BCUT2D eigenvalue weighted by atomic mass is 16.5. The van der Waals surface area contributed by atoms with Crippen LogP contribution in [0.1, 0.15) is 52.0 Å². The van der Waals surface area contributed by atoms with E-state index in [1.165, 1.54) is 7.11 Å². The summed E-state index contributed by atoms with van der Waals surface area (Å²) in [6.07, 6.45) is 0.894. The molecule has 1 heterocycles. The monoisotopic (exact) mass is 441 g/mol. The summed E-state index contributed by atoms with van der Waals surface area (Å²) < 4.78 is 16.0. The highest BCUT2D eigenvalue weighted by molar-refractivity contribution is 6.12. The smallest absolute Gasteiger partial charge is 0.337 e. The van der Waals surface area contributed by atoms with E-state index in [1.54, 1.807) is 13.2 Å². The Morgan fingerprint density at radius 1 is 1.25 bits per heavy atom. The van der Waals surface area contributed by atoms with Crippen LogP contribution in [-0.2, 0) is 23.9 Å².